The van der Waals surface area contributed by atoms with Crippen LogP contribution >= 0.6 is 27.3 Å². The van der Waals surface area contributed by atoms with Crippen molar-refractivity contribution in [2.45, 2.75) is 17.3 Å². The Balaban J connectivity index is 2.33. The van der Waals surface area contributed by atoms with Gasteiger partial charge in [0.2, 0.25) is 0 Å². The maximum atomic E-state index is 12.6. The van der Waals surface area contributed by atoms with E-state index < -0.39 is 21.8 Å². The van der Waals surface area contributed by atoms with E-state index in [-0.39, 0.29) is 9.90 Å². The molecular formula is C12H9BrF3NO2S2. The highest BCUT2D eigenvalue weighted by atomic mass is 79.9. The van der Waals surface area contributed by atoms with Crippen LogP contribution in [-0.4, -0.2) is 8.42 Å². The molecule has 0 amide bonds. The van der Waals surface area contributed by atoms with E-state index >= 15 is 0 Å². The Morgan fingerprint density at radius 1 is 1.24 bits per heavy atom. The molecule has 0 spiro atoms. The Morgan fingerprint density at radius 2 is 1.90 bits per heavy atom. The summed E-state index contributed by atoms with van der Waals surface area (Å²) < 4.78 is 64.9. The van der Waals surface area contributed by atoms with Gasteiger partial charge < -0.3 is 0 Å². The van der Waals surface area contributed by atoms with Crippen molar-refractivity contribution in [2.75, 3.05) is 4.72 Å². The molecule has 1 aromatic carbocycles. The van der Waals surface area contributed by atoms with E-state index in [4.69, 9.17) is 0 Å². The number of aryl methyl sites for hydroxylation is 1. The van der Waals surface area contributed by atoms with Crippen molar-refractivity contribution in [1.29, 1.82) is 0 Å². The molecule has 1 aromatic heterocycles. The maximum Gasteiger partial charge on any atom is 0.416 e. The van der Waals surface area contributed by atoms with Gasteiger partial charge in [-0.2, -0.15) is 13.2 Å². The highest BCUT2D eigenvalue weighted by Crippen LogP contribution is 2.33. The first kappa shape index (κ1) is 16.3. The first-order valence-electron chi connectivity index (χ1n) is 5.55. The van der Waals surface area contributed by atoms with Crippen molar-refractivity contribution in [3.05, 3.63) is 45.2 Å². The summed E-state index contributed by atoms with van der Waals surface area (Å²) in [6, 6.07) is 5.50. The van der Waals surface area contributed by atoms with Gasteiger partial charge in [0.15, 0.2) is 0 Å². The van der Waals surface area contributed by atoms with Crippen molar-refractivity contribution >= 4 is 43.0 Å². The third-order valence-electron chi connectivity index (χ3n) is 2.54. The normalized spacial score (nSPS) is 12.4. The minimum absolute atomic E-state index is 0.0317. The highest BCUT2D eigenvalue weighted by Gasteiger charge is 2.30. The molecule has 21 heavy (non-hydrogen) atoms. The Bertz CT molecular complexity index is 750. The summed E-state index contributed by atoms with van der Waals surface area (Å²) in [6.07, 6.45) is -4.52. The molecule has 0 aliphatic rings. The molecule has 0 aliphatic carbocycles. The van der Waals surface area contributed by atoms with Gasteiger partial charge >= 0.3 is 6.18 Å². The molecule has 0 saturated carbocycles. The van der Waals surface area contributed by atoms with E-state index in [0.717, 1.165) is 35.1 Å². The number of alkyl halides is 3. The summed E-state index contributed by atoms with van der Waals surface area (Å²) in [5.74, 6) is 0. The lowest BCUT2D eigenvalue weighted by Gasteiger charge is -2.10. The minimum Gasteiger partial charge on any atom is -0.279 e. The SMILES string of the molecule is Cc1cc(S(=O)(=O)Nc2cccc(C(F)(F)F)c2)sc1Br. The largest absolute Gasteiger partial charge is 0.416 e. The zero-order valence-electron chi connectivity index (χ0n) is 10.5. The molecule has 0 atom stereocenters. The zero-order chi connectivity index (χ0) is 15.8. The van der Waals surface area contributed by atoms with Gasteiger partial charge in [-0.25, -0.2) is 8.42 Å². The van der Waals surface area contributed by atoms with Gasteiger partial charge in [0.25, 0.3) is 10.0 Å². The molecule has 9 heteroatoms. The third-order valence-corrected chi connectivity index (χ3v) is 6.53. The van der Waals surface area contributed by atoms with Gasteiger partial charge in [0, 0.05) is 5.69 Å². The van der Waals surface area contributed by atoms with Crippen LogP contribution in [-0.2, 0) is 16.2 Å². The molecule has 2 rings (SSSR count). The van der Waals surface area contributed by atoms with E-state index in [0.29, 0.717) is 3.79 Å². The zero-order valence-corrected chi connectivity index (χ0v) is 13.8. The lowest BCUT2D eigenvalue weighted by molar-refractivity contribution is -0.137. The number of hydrogen-bond donors (Lipinski definition) is 1. The van der Waals surface area contributed by atoms with E-state index in [1.54, 1.807) is 6.92 Å². The standard InChI is InChI=1S/C12H9BrF3NO2S2/c1-7-5-10(20-11(7)13)21(18,19)17-9-4-2-3-8(6-9)12(14,15)16/h2-6,17H,1H3. The quantitative estimate of drug-likeness (QED) is 0.816. The van der Waals surface area contributed by atoms with Crippen LogP contribution in [0.5, 0.6) is 0 Å². The van der Waals surface area contributed by atoms with Crippen LogP contribution < -0.4 is 4.72 Å². The molecule has 0 radical (unpaired) electrons. The van der Waals surface area contributed by atoms with Gasteiger partial charge in [0.05, 0.1) is 9.35 Å². The van der Waals surface area contributed by atoms with Crippen LogP contribution in [0.25, 0.3) is 0 Å². The summed E-state index contributed by atoms with van der Waals surface area (Å²) in [4.78, 5) is 0. The van der Waals surface area contributed by atoms with Gasteiger partial charge in [-0.05, 0) is 52.7 Å². The van der Waals surface area contributed by atoms with Crippen LogP contribution in [0.1, 0.15) is 11.1 Å². The number of rotatable bonds is 3. The molecular weight excluding hydrogens is 391 g/mol. The summed E-state index contributed by atoms with van der Waals surface area (Å²) >= 11 is 4.20. The minimum atomic E-state index is -4.52. The smallest absolute Gasteiger partial charge is 0.279 e. The third kappa shape index (κ3) is 3.78. The first-order chi connectivity index (χ1) is 9.59. The summed E-state index contributed by atoms with van der Waals surface area (Å²) in [5.41, 5.74) is -0.303. The van der Waals surface area contributed by atoms with Crippen LogP contribution in [0, 0.1) is 6.92 Å². The fraction of sp³-hybridized carbons (Fsp3) is 0.167. The van der Waals surface area contributed by atoms with Crippen molar-refractivity contribution in [2.24, 2.45) is 0 Å². The maximum absolute atomic E-state index is 12.6. The van der Waals surface area contributed by atoms with Crippen LogP contribution in [0.2, 0.25) is 0 Å². The molecule has 3 nitrogen and oxygen atoms in total. The van der Waals surface area contributed by atoms with Crippen molar-refractivity contribution in [3.63, 3.8) is 0 Å². The molecule has 0 saturated heterocycles. The topological polar surface area (TPSA) is 46.2 Å². The Morgan fingerprint density at radius 3 is 2.43 bits per heavy atom. The Kier molecular flexibility index (Phi) is 4.36. The van der Waals surface area contributed by atoms with Crippen LogP contribution in [0.4, 0.5) is 18.9 Å². The second kappa shape index (κ2) is 5.62. The molecule has 114 valence electrons. The summed E-state index contributed by atoms with van der Waals surface area (Å²) in [5, 5.41) is 0. The average Bonchev–Trinajstić information content (AvgIpc) is 2.69. The van der Waals surface area contributed by atoms with E-state index in [1.807, 2.05) is 0 Å². The van der Waals surface area contributed by atoms with Crippen molar-refractivity contribution < 1.29 is 21.6 Å². The van der Waals surface area contributed by atoms with Gasteiger partial charge in [-0.15, -0.1) is 11.3 Å². The second-order valence-electron chi connectivity index (χ2n) is 4.21. The predicted molar refractivity (Wildman–Crippen MR) is 79.0 cm³/mol. The van der Waals surface area contributed by atoms with Gasteiger partial charge in [-0.3, -0.25) is 4.72 Å². The van der Waals surface area contributed by atoms with E-state index in [1.165, 1.54) is 12.1 Å². The molecule has 1 heterocycles. The Labute approximate surface area is 132 Å². The fourth-order valence-corrected chi connectivity index (χ4v) is 4.80. The van der Waals surface area contributed by atoms with Crippen LogP contribution in [0.15, 0.2) is 38.3 Å². The van der Waals surface area contributed by atoms with Crippen molar-refractivity contribution in [1.82, 2.24) is 0 Å². The number of hydrogen-bond acceptors (Lipinski definition) is 3. The Hall–Kier alpha value is -1.06. The van der Waals surface area contributed by atoms with Gasteiger partial charge in [0.1, 0.15) is 4.21 Å². The lowest BCUT2D eigenvalue weighted by atomic mass is 10.2. The van der Waals surface area contributed by atoms with Gasteiger partial charge in [-0.1, -0.05) is 6.07 Å². The molecule has 0 aliphatic heterocycles. The lowest BCUT2D eigenvalue weighted by Crippen LogP contribution is -2.12. The molecule has 1 N–H and O–H groups in total. The summed E-state index contributed by atoms with van der Waals surface area (Å²) in [7, 11) is -3.91. The molecule has 0 fully saturated rings. The predicted octanol–water partition coefficient (Wildman–Crippen LogP) is 4.64. The first-order valence-corrected chi connectivity index (χ1v) is 8.65. The van der Waals surface area contributed by atoms with E-state index in [9.17, 15) is 21.6 Å². The number of thiophene rings is 1. The monoisotopic (exact) mass is 399 g/mol. The number of nitrogens with one attached hydrogen (secondary N) is 1. The number of halogens is 4. The van der Waals surface area contributed by atoms with E-state index in [2.05, 4.69) is 20.7 Å². The van der Waals surface area contributed by atoms with Crippen LogP contribution in [0.3, 0.4) is 0 Å². The summed E-state index contributed by atoms with van der Waals surface area (Å²) in [6.45, 7) is 1.73. The molecule has 0 bridgehead atoms. The average molecular weight is 400 g/mol. The highest BCUT2D eigenvalue weighted by molar-refractivity contribution is 9.11. The molecule has 0 unspecified atom stereocenters. The second-order valence-corrected chi connectivity index (χ2v) is 8.49. The number of sulfonamides is 1. The fourth-order valence-electron chi connectivity index (χ4n) is 1.53. The molecule has 2 aromatic rings. The number of benzene rings is 1. The van der Waals surface area contributed by atoms with Crippen molar-refractivity contribution in [3.8, 4) is 0 Å². The number of anilines is 1.